The molecule has 0 atom stereocenters. The molecule has 0 unspecified atom stereocenters. The molecule has 1 aromatic heterocycles. The average molecular weight is 338 g/mol. The van der Waals surface area contributed by atoms with Gasteiger partial charge in [-0.05, 0) is 37.2 Å². The summed E-state index contributed by atoms with van der Waals surface area (Å²) in [7, 11) is 0. The number of halogens is 1. The van der Waals surface area contributed by atoms with Crippen LogP contribution in [0, 0.1) is 4.77 Å². The second-order valence-electron chi connectivity index (χ2n) is 5.02. The third kappa shape index (κ3) is 2.67. The Morgan fingerprint density at radius 2 is 1.84 bits per heavy atom. The van der Waals surface area contributed by atoms with Gasteiger partial charge in [0, 0.05) is 16.1 Å². The minimum atomic E-state index is 0.499. The second-order valence-corrected chi connectivity index (χ2v) is 6.32. The van der Waals surface area contributed by atoms with Crippen LogP contribution in [0.15, 0.2) is 28.7 Å². The first-order valence-electron chi connectivity index (χ1n) is 6.68. The average Bonchev–Trinajstić information content (AvgIpc) is 2.82. The lowest BCUT2D eigenvalue weighted by Crippen LogP contribution is -2.14. The number of nitrogens with one attached hydrogen (secondary N) is 1. The zero-order chi connectivity index (χ0) is 13.2. The van der Waals surface area contributed by atoms with Gasteiger partial charge in [-0.3, -0.25) is 9.67 Å². The van der Waals surface area contributed by atoms with Crippen molar-refractivity contribution in [2.45, 2.75) is 38.1 Å². The third-order valence-corrected chi connectivity index (χ3v) is 4.56. The first kappa shape index (κ1) is 13.1. The third-order valence-electron chi connectivity index (χ3n) is 3.75. The number of aromatic amines is 1. The van der Waals surface area contributed by atoms with Gasteiger partial charge < -0.3 is 0 Å². The van der Waals surface area contributed by atoms with Gasteiger partial charge in [0.05, 0.1) is 0 Å². The first-order valence-corrected chi connectivity index (χ1v) is 7.88. The fourth-order valence-corrected chi connectivity index (χ4v) is 3.33. The maximum atomic E-state index is 5.42. The number of benzene rings is 1. The van der Waals surface area contributed by atoms with Gasteiger partial charge in [0.15, 0.2) is 10.6 Å². The van der Waals surface area contributed by atoms with Crippen molar-refractivity contribution in [1.29, 1.82) is 0 Å². The minimum absolute atomic E-state index is 0.499. The van der Waals surface area contributed by atoms with E-state index in [0.717, 1.165) is 20.6 Å². The van der Waals surface area contributed by atoms with Crippen molar-refractivity contribution in [2.75, 3.05) is 0 Å². The van der Waals surface area contributed by atoms with Crippen LogP contribution in [0.2, 0.25) is 0 Å². The highest BCUT2D eigenvalue weighted by Crippen LogP contribution is 2.32. The Kier molecular flexibility index (Phi) is 3.84. The van der Waals surface area contributed by atoms with Gasteiger partial charge in [0.2, 0.25) is 0 Å². The topological polar surface area (TPSA) is 33.6 Å². The summed E-state index contributed by atoms with van der Waals surface area (Å²) in [6.07, 6.45) is 6.33. The maximum absolute atomic E-state index is 5.42. The molecule has 1 N–H and O–H groups in total. The molecule has 0 amide bonds. The molecule has 1 saturated carbocycles. The lowest BCUT2D eigenvalue weighted by Gasteiger charge is -2.24. The Hall–Kier alpha value is -0.940. The summed E-state index contributed by atoms with van der Waals surface area (Å²) in [5, 5.41) is 7.37. The van der Waals surface area contributed by atoms with Crippen molar-refractivity contribution in [3.8, 4) is 11.4 Å². The van der Waals surface area contributed by atoms with E-state index in [-0.39, 0.29) is 0 Å². The molecular formula is C14H16BrN3S. The quantitative estimate of drug-likeness (QED) is 0.792. The molecule has 0 bridgehead atoms. The van der Waals surface area contributed by atoms with E-state index in [9.17, 15) is 0 Å². The summed E-state index contributed by atoms with van der Waals surface area (Å²) in [5.74, 6) is 0.962. The molecule has 3 nitrogen and oxygen atoms in total. The van der Waals surface area contributed by atoms with Gasteiger partial charge >= 0.3 is 0 Å². The van der Waals surface area contributed by atoms with E-state index in [4.69, 9.17) is 12.2 Å². The molecule has 1 aromatic carbocycles. The highest BCUT2D eigenvalue weighted by molar-refractivity contribution is 9.10. The Labute approximate surface area is 126 Å². The van der Waals surface area contributed by atoms with E-state index < -0.39 is 0 Å². The first-order chi connectivity index (χ1) is 9.25. The Morgan fingerprint density at radius 1 is 1.16 bits per heavy atom. The monoisotopic (exact) mass is 337 g/mol. The zero-order valence-corrected chi connectivity index (χ0v) is 13.0. The van der Waals surface area contributed by atoms with Crippen molar-refractivity contribution < 1.29 is 0 Å². The maximum Gasteiger partial charge on any atom is 0.195 e. The smallest absolute Gasteiger partial charge is 0.195 e. The molecule has 2 aromatic rings. The Bertz CT molecular complexity index is 608. The van der Waals surface area contributed by atoms with Crippen molar-refractivity contribution in [3.63, 3.8) is 0 Å². The van der Waals surface area contributed by atoms with Crippen molar-refractivity contribution in [1.82, 2.24) is 14.8 Å². The summed E-state index contributed by atoms with van der Waals surface area (Å²) in [6, 6.07) is 8.73. The molecule has 0 saturated heterocycles. The lowest BCUT2D eigenvalue weighted by molar-refractivity contribution is 0.352. The summed E-state index contributed by atoms with van der Waals surface area (Å²) in [6.45, 7) is 0. The van der Waals surface area contributed by atoms with Gasteiger partial charge in [-0.25, -0.2) is 0 Å². The van der Waals surface area contributed by atoms with Gasteiger partial charge in [0.25, 0.3) is 0 Å². The Balaban J connectivity index is 2.02. The summed E-state index contributed by atoms with van der Waals surface area (Å²) in [5.41, 5.74) is 1.11. The fraction of sp³-hybridized carbons (Fsp3) is 0.429. The number of H-pyrrole nitrogens is 1. The van der Waals surface area contributed by atoms with Crippen LogP contribution in [0.4, 0.5) is 0 Å². The van der Waals surface area contributed by atoms with Crippen LogP contribution < -0.4 is 0 Å². The van der Waals surface area contributed by atoms with Gasteiger partial charge in [0.1, 0.15) is 0 Å². The molecule has 1 aliphatic carbocycles. The number of hydrogen-bond acceptors (Lipinski definition) is 2. The molecule has 1 aliphatic rings. The summed E-state index contributed by atoms with van der Waals surface area (Å²) < 4.78 is 4.02. The van der Waals surface area contributed by atoms with Crippen LogP contribution in [0.3, 0.4) is 0 Å². The molecule has 19 heavy (non-hydrogen) atoms. The molecule has 0 spiro atoms. The minimum Gasteiger partial charge on any atom is -0.297 e. The number of hydrogen-bond donors (Lipinski definition) is 1. The van der Waals surface area contributed by atoms with Crippen molar-refractivity contribution >= 4 is 28.1 Å². The van der Waals surface area contributed by atoms with Crippen LogP contribution in [0.1, 0.15) is 38.1 Å². The predicted molar refractivity (Wildman–Crippen MR) is 82.7 cm³/mol. The fourth-order valence-electron chi connectivity index (χ4n) is 2.79. The van der Waals surface area contributed by atoms with E-state index in [0.29, 0.717) is 6.04 Å². The van der Waals surface area contributed by atoms with E-state index in [1.807, 2.05) is 12.1 Å². The summed E-state index contributed by atoms with van der Waals surface area (Å²) in [4.78, 5) is 0. The molecule has 3 rings (SSSR count). The van der Waals surface area contributed by atoms with E-state index in [1.54, 1.807) is 0 Å². The van der Waals surface area contributed by atoms with E-state index in [2.05, 4.69) is 42.8 Å². The number of aromatic nitrogens is 3. The van der Waals surface area contributed by atoms with Crippen LogP contribution in [0.5, 0.6) is 0 Å². The SMILES string of the molecule is S=c1[nH]nc(-c2ccc(Br)cc2)n1C1CCCCC1. The zero-order valence-electron chi connectivity index (χ0n) is 10.6. The lowest BCUT2D eigenvalue weighted by atomic mass is 9.95. The Morgan fingerprint density at radius 3 is 2.53 bits per heavy atom. The highest BCUT2D eigenvalue weighted by atomic mass is 79.9. The molecule has 0 radical (unpaired) electrons. The molecule has 1 heterocycles. The second kappa shape index (κ2) is 5.59. The van der Waals surface area contributed by atoms with Crippen molar-refractivity contribution in [2.24, 2.45) is 0 Å². The number of rotatable bonds is 2. The van der Waals surface area contributed by atoms with Crippen molar-refractivity contribution in [3.05, 3.63) is 33.5 Å². The summed E-state index contributed by atoms with van der Waals surface area (Å²) >= 11 is 8.88. The standard InChI is InChI=1S/C14H16BrN3S/c15-11-8-6-10(7-9-11)13-16-17-14(19)18(13)12-4-2-1-3-5-12/h6-9,12H,1-5H2,(H,17,19). The molecule has 100 valence electrons. The van der Waals surface area contributed by atoms with Crippen LogP contribution >= 0.6 is 28.1 Å². The van der Waals surface area contributed by atoms with Crippen LogP contribution in [-0.2, 0) is 0 Å². The predicted octanol–water partition coefficient (Wildman–Crippen LogP) is 4.88. The van der Waals surface area contributed by atoms with Gasteiger partial charge in [-0.1, -0.05) is 47.3 Å². The van der Waals surface area contributed by atoms with Crippen LogP contribution in [0.25, 0.3) is 11.4 Å². The van der Waals surface area contributed by atoms with E-state index in [1.165, 1.54) is 32.1 Å². The van der Waals surface area contributed by atoms with Crippen LogP contribution in [-0.4, -0.2) is 14.8 Å². The van der Waals surface area contributed by atoms with Gasteiger partial charge in [-0.2, -0.15) is 5.10 Å². The highest BCUT2D eigenvalue weighted by Gasteiger charge is 2.20. The molecule has 0 aliphatic heterocycles. The largest absolute Gasteiger partial charge is 0.297 e. The van der Waals surface area contributed by atoms with E-state index >= 15 is 0 Å². The van der Waals surface area contributed by atoms with Gasteiger partial charge in [-0.15, -0.1) is 0 Å². The number of nitrogens with zero attached hydrogens (tertiary/aromatic N) is 2. The molecule has 5 heteroatoms. The molecule has 1 fully saturated rings. The molecular weight excluding hydrogens is 322 g/mol. The normalized spacial score (nSPS) is 16.7.